The number of carboxylic acids is 1. The molecule has 1 N–H and O–H groups in total. The number of aromatic nitrogens is 5. The first kappa shape index (κ1) is 14.1. The number of carboxylic acid groups (broad SMARTS) is 1. The molecule has 4 rings (SSSR count). The van der Waals surface area contributed by atoms with Crippen LogP contribution in [0.3, 0.4) is 0 Å². The van der Waals surface area contributed by atoms with Crippen LogP contribution in [0.4, 0.5) is 0 Å². The highest BCUT2D eigenvalue weighted by molar-refractivity contribution is 5.88. The SMILES string of the molecule is Cn1nnc2c(-n3ccnc3-c3ccc(C(=O)O)cc3)cccc21. The summed E-state index contributed by atoms with van der Waals surface area (Å²) in [7, 11) is 1.85. The quantitative estimate of drug-likeness (QED) is 0.627. The topological polar surface area (TPSA) is 85.8 Å². The van der Waals surface area contributed by atoms with Crippen LogP contribution in [0.1, 0.15) is 10.4 Å². The fraction of sp³-hybridized carbons (Fsp3) is 0.0588. The van der Waals surface area contributed by atoms with E-state index in [4.69, 9.17) is 5.11 Å². The number of hydrogen-bond donors (Lipinski definition) is 1. The van der Waals surface area contributed by atoms with E-state index in [0.29, 0.717) is 5.82 Å². The van der Waals surface area contributed by atoms with E-state index < -0.39 is 5.97 Å². The smallest absolute Gasteiger partial charge is 0.335 e. The fourth-order valence-corrected chi connectivity index (χ4v) is 2.71. The molecule has 0 radical (unpaired) electrons. The van der Waals surface area contributed by atoms with Gasteiger partial charge in [0.1, 0.15) is 11.3 Å². The van der Waals surface area contributed by atoms with Crippen LogP contribution in [0.25, 0.3) is 28.1 Å². The number of aryl methyl sites for hydroxylation is 1. The Balaban J connectivity index is 1.86. The second kappa shape index (κ2) is 5.31. The molecule has 0 bridgehead atoms. The number of aromatic carboxylic acids is 1. The first-order valence-corrected chi connectivity index (χ1v) is 7.31. The first-order valence-electron chi connectivity index (χ1n) is 7.31. The summed E-state index contributed by atoms with van der Waals surface area (Å²) in [6.45, 7) is 0. The van der Waals surface area contributed by atoms with E-state index in [1.807, 2.05) is 36.0 Å². The first-order chi connectivity index (χ1) is 11.6. The van der Waals surface area contributed by atoms with E-state index >= 15 is 0 Å². The van der Waals surface area contributed by atoms with Gasteiger partial charge in [-0.1, -0.05) is 23.4 Å². The minimum atomic E-state index is -0.950. The van der Waals surface area contributed by atoms with Crippen molar-refractivity contribution in [2.75, 3.05) is 0 Å². The van der Waals surface area contributed by atoms with Gasteiger partial charge >= 0.3 is 5.97 Å². The molecule has 2 aromatic heterocycles. The molecule has 7 heteroatoms. The third kappa shape index (κ3) is 2.14. The Morgan fingerprint density at radius 1 is 1.12 bits per heavy atom. The van der Waals surface area contributed by atoms with Gasteiger partial charge in [0.2, 0.25) is 0 Å². The normalized spacial score (nSPS) is 11.0. The van der Waals surface area contributed by atoms with E-state index in [1.54, 1.807) is 35.1 Å². The maximum Gasteiger partial charge on any atom is 0.335 e. The average molecular weight is 319 g/mol. The van der Waals surface area contributed by atoms with Crippen LogP contribution in [0.5, 0.6) is 0 Å². The summed E-state index contributed by atoms with van der Waals surface area (Å²) in [5, 5.41) is 17.3. The molecule has 2 heterocycles. The average Bonchev–Trinajstić information content (AvgIpc) is 3.22. The molecule has 0 saturated heterocycles. The van der Waals surface area contributed by atoms with Crippen molar-refractivity contribution in [1.82, 2.24) is 24.5 Å². The third-order valence-electron chi connectivity index (χ3n) is 3.91. The Labute approximate surface area is 136 Å². The van der Waals surface area contributed by atoms with E-state index in [2.05, 4.69) is 15.3 Å². The van der Waals surface area contributed by atoms with Gasteiger partial charge in [0, 0.05) is 25.0 Å². The number of rotatable bonds is 3. The van der Waals surface area contributed by atoms with Crippen LogP contribution in [0.2, 0.25) is 0 Å². The second-order valence-corrected chi connectivity index (χ2v) is 5.36. The largest absolute Gasteiger partial charge is 0.478 e. The van der Waals surface area contributed by atoms with Gasteiger partial charge in [-0.25, -0.2) is 14.5 Å². The lowest BCUT2D eigenvalue weighted by molar-refractivity contribution is 0.0697. The highest BCUT2D eigenvalue weighted by Gasteiger charge is 2.13. The minimum Gasteiger partial charge on any atom is -0.478 e. The van der Waals surface area contributed by atoms with Gasteiger partial charge in [0.25, 0.3) is 0 Å². The lowest BCUT2D eigenvalue weighted by Crippen LogP contribution is -1.99. The van der Waals surface area contributed by atoms with Gasteiger partial charge in [-0.05, 0) is 24.3 Å². The summed E-state index contributed by atoms with van der Waals surface area (Å²) >= 11 is 0. The Hall–Kier alpha value is -3.48. The van der Waals surface area contributed by atoms with Crippen molar-refractivity contribution >= 4 is 17.0 Å². The Morgan fingerprint density at radius 3 is 2.67 bits per heavy atom. The van der Waals surface area contributed by atoms with Crippen LogP contribution in [0.15, 0.2) is 54.9 Å². The summed E-state index contributed by atoms with van der Waals surface area (Å²) in [4.78, 5) is 15.4. The molecule has 0 aliphatic rings. The zero-order chi connectivity index (χ0) is 16.7. The maximum absolute atomic E-state index is 11.0. The van der Waals surface area contributed by atoms with Gasteiger partial charge in [0.05, 0.1) is 16.8 Å². The van der Waals surface area contributed by atoms with Crippen molar-refractivity contribution < 1.29 is 9.90 Å². The molecule has 7 nitrogen and oxygen atoms in total. The predicted octanol–water partition coefficient (Wildman–Crippen LogP) is 2.52. The van der Waals surface area contributed by atoms with Crippen molar-refractivity contribution in [3.05, 3.63) is 60.4 Å². The molecule has 0 aliphatic carbocycles. The minimum absolute atomic E-state index is 0.243. The predicted molar refractivity (Wildman–Crippen MR) is 88.0 cm³/mol. The molecule has 2 aromatic carbocycles. The molecule has 4 aromatic rings. The fourth-order valence-electron chi connectivity index (χ4n) is 2.71. The highest BCUT2D eigenvalue weighted by atomic mass is 16.4. The van der Waals surface area contributed by atoms with E-state index in [9.17, 15) is 4.79 Å². The molecule has 0 unspecified atom stereocenters. The van der Waals surface area contributed by atoms with Crippen LogP contribution in [0, 0.1) is 0 Å². The summed E-state index contributed by atoms with van der Waals surface area (Å²) in [5.74, 6) is -0.237. The molecule has 24 heavy (non-hydrogen) atoms. The van der Waals surface area contributed by atoms with Crippen LogP contribution >= 0.6 is 0 Å². The summed E-state index contributed by atoms with van der Waals surface area (Å²) < 4.78 is 3.64. The molecule has 118 valence electrons. The van der Waals surface area contributed by atoms with Gasteiger partial charge in [-0.2, -0.15) is 0 Å². The third-order valence-corrected chi connectivity index (χ3v) is 3.91. The monoisotopic (exact) mass is 319 g/mol. The Morgan fingerprint density at radius 2 is 1.92 bits per heavy atom. The van der Waals surface area contributed by atoms with E-state index in [-0.39, 0.29) is 5.56 Å². The molecule has 0 fully saturated rings. The lowest BCUT2D eigenvalue weighted by Gasteiger charge is -2.09. The number of imidazole rings is 1. The molecular formula is C17H13N5O2. The number of fused-ring (bicyclic) bond motifs is 1. The zero-order valence-corrected chi connectivity index (χ0v) is 12.8. The van der Waals surface area contributed by atoms with Crippen molar-refractivity contribution in [2.24, 2.45) is 7.05 Å². The number of benzene rings is 2. The molecular weight excluding hydrogens is 306 g/mol. The summed E-state index contributed by atoms with van der Waals surface area (Å²) in [6.07, 6.45) is 3.56. The molecule has 0 atom stereocenters. The maximum atomic E-state index is 11.0. The van der Waals surface area contributed by atoms with Crippen LogP contribution in [-0.4, -0.2) is 35.6 Å². The van der Waals surface area contributed by atoms with Gasteiger partial charge in [-0.15, -0.1) is 5.10 Å². The van der Waals surface area contributed by atoms with Crippen molar-refractivity contribution in [3.63, 3.8) is 0 Å². The van der Waals surface area contributed by atoms with Gasteiger partial charge in [0.15, 0.2) is 0 Å². The Bertz CT molecular complexity index is 1050. The van der Waals surface area contributed by atoms with Crippen molar-refractivity contribution in [2.45, 2.75) is 0 Å². The van der Waals surface area contributed by atoms with Gasteiger partial charge < -0.3 is 5.11 Å². The highest BCUT2D eigenvalue weighted by Crippen LogP contribution is 2.26. The van der Waals surface area contributed by atoms with E-state index in [1.165, 1.54) is 0 Å². The van der Waals surface area contributed by atoms with Gasteiger partial charge in [-0.3, -0.25) is 4.57 Å². The lowest BCUT2D eigenvalue weighted by atomic mass is 10.1. The molecule has 0 saturated carbocycles. The van der Waals surface area contributed by atoms with Crippen LogP contribution < -0.4 is 0 Å². The Kier molecular flexibility index (Phi) is 3.13. The molecule has 0 amide bonds. The number of nitrogens with zero attached hydrogens (tertiary/aromatic N) is 5. The molecule has 0 aliphatic heterocycles. The summed E-state index contributed by atoms with van der Waals surface area (Å²) in [6, 6.07) is 12.5. The number of carbonyl (C=O) groups is 1. The van der Waals surface area contributed by atoms with E-state index in [0.717, 1.165) is 22.3 Å². The van der Waals surface area contributed by atoms with Crippen molar-refractivity contribution in [3.8, 4) is 17.1 Å². The van der Waals surface area contributed by atoms with Crippen LogP contribution in [-0.2, 0) is 7.05 Å². The summed E-state index contributed by atoms with van der Waals surface area (Å²) in [5.41, 5.74) is 3.64. The molecule has 0 spiro atoms. The number of hydrogen-bond acceptors (Lipinski definition) is 4. The zero-order valence-electron chi connectivity index (χ0n) is 12.8. The second-order valence-electron chi connectivity index (χ2n) is 5.36. The van der Waals surface area contributed by atoms with Crippen molar-refractivity contribution in [1.29, 1.82) is 0 Å². The standard InChI is InChI=1S/C17H13N5O2/c1-21-13-3-2-4-14(15(13)19-20-21)22-10-9-18-16(22)11-5-7-12(8-6-11)17(23)24/h2-10H,1H3,(H,23,24).